The number of azide groups is 1. The first kappa shape index (κ1) is 32.7. The van der Waals surface area contributed by atoms with Crippen LogP contribution in [0.25, 0.3) is 32.8 Å². The Hall–Kier alpha value is -4.22. The Balaban J connectivity index is 1.24. The van der Waals surface area contributed by atoms with E-state index in [2.05, 4.69) is 39.9 Å². The molecular weight excluding hydrogens is 676 g/mol. The van der Waals surface area contributed by atoms with Crippen LogP contribution in [0.1, 0.15) is 12.5 Å². The zero-order valence-electron chi connectivity index (χ0n) is 23.3. The van der Waals surface area contributed by atoms with Gasteiger partial charge in [-0.05, 0) is 5.53 Å². The average molecular weight is 700 g/mol. The summed E-state index contributed by atoms with van der Waals surface area (Å²) in [5.41, 5.74) is 20.0. The molecule has 0 saturated carbocycles. The van der Waals surface area contributed by atoms with Crippen LogP contribution in [0, 0.1) is 0 Å². The van der Waals surface area contributed by atoms with Crippen LogP contribution in [-0.2, 0) is 32.2 Å². The lowest BCUT2D eigenvalue weighted by Crippen LogP contribution is -2.35. The topological polar surface area (TPSA) is 369 Å². The smallest absolute Gasteiger partial charge is 0.387 e. The summed E-state index contributed by atoms with van der Waals surface area (Å²) in [7, 11) is -8.33. The highest BCUT2D eigenvalue weighted by molar-refractivity contribution is 7.47. The number of anilines is 2. The maximum absolute atomic E-state index is 13.3. The van der Waals surface area contributed by atoms with Crippen molar-refractivity contribution in [2.45, 2.75) is 49.0 Å². The molecule has 0 bridgehead atoms. The van der Waals surface area contributed by atoms with Crippen molar-refractivity contribution >= 4 is 50.2 Å². The maximum atomic E-state index is 13.3. The molecule has 2 aliphatic heterocycles. The Bertz CT molecular complexity index is 1980. The highest BCUT2D eigenvalue weighted by Gasteiger charge is 2.52. The summed E-state index contributed by atoms with van der Waals surface area (Å²) < 4.78 is 53.7. The minimum Gasteiger partial charge on any atom is -0.387 e. The van der Waals surface area contributed by atoms with Crippen LogP contribution in [0.2, 0.25) is 0 Å². The molecule has 4 aromatic rings. The molecule has 0 amide bonds. The monoisotopic (exact) mass is 700 g/mol. The fourth-order valence-electron chi connectivity index (χ4n) is 5.16. The van der Waals surface area contributed by atoms with Gasteiger partial charge in [-0.25, -0.2) is 24.5 Å². The normalized spacial score (nSPS) is 29.2. The Labute approximate surface area is 260 Å². The lowest BCUT2D eigenvalue weighted by molar-refractivity contribution is -0.0607. The molecule has 2 saturated heterocycles. The van der Waals surface area contributed by atoms with Crippen LogP contribution in [0.3, 0.4) is 0 Å². The molecule has 25 nitrogen and oxygen atoms in total. The molecule has 9 N–H and O–H groups in total. The number of aromatic nitrogens is 8. The van der Waals surface area contributed by atoms with E-state index in [1.807, 2.05) is 0 Å². The van der Waals surface area contributed by atoms with Crippen LogP contribution in [0.15, 0.2) is 28.9 Å². The molecule has 4 aromatic heterocycles. The Morgan fingerprint density at radius 3 is 2.49 bits per heavy atom. The van der Waals surface area contributed by atoms with E-state index >= 15 is 0 Å². The van der Waals surface area contributed by atoms with Crippen LogP contribution in [0.4, 0.5) is 11.8 Å². The molecule has 6 rings (SSSR count). The number of hydrogen-bond donors (Lipinski definition) is 7. The number of nitrogen functional groups attached to an aromatic ring is 2. The fourth-order valence-corrected chi connectivity index (χ4v) is 6.37. The second-order valence-electron chi connectivity index (χ2n) is 10.0. The third-order valence-electron chi connectivity index (χ3n) is 7.23. The van der Waals surface area contributed by atoms with Gasteiger partial charge in [0.15, 0.2) is 35.1 Å². The Morgan fingerprint density at radius 1 is 1.06 bits per heavy atom. The molecule has 47 heavy (non-hydrogen) atoms. The van der Waals surface area contributed by atoms with Gasteiger partial charge in [-0.2, -0.15) is 4.98 Å². The number of aromatic amines is 1. The van der Waals surface area contributed by atoms with Crippen molar-refractivity contribution in [2.24, 2.45) is 5.11 Å². The van der Waals surface area contributed by atoms with Gasteiger partial charge in [0, 0.05) is 9.48 Å². The largest absolute Gasteiger partial charge is 0.694 e. The van der Waals surface area contributed by atoms with Gasteiger partial charge in [0.2, 0.25) is 5.95 Å². The van der Waals surface area contributed by atoms with Crippen molar-refractivity contribution < 1.29 is 52.2 Å². The second-order valence-corrected chi connectivity index (χ2v) is 12.2. The molecule has 27 heteroatoms. The lowest BCUT2D eigenvalue weighted by atomic mass is 10.1. The molecule has 0 aliphatic carbocycles. The van der Waals surface area contributed by atoms with Crippen molar-refractivity contribution in [3.8, 4) is 0 Å². The summed E-state index contributed by atoms with van der Waals surface area (Å²) in [6.07, 6.45) is -6.97. The number of nitrogens with zero attached hydrogens (tertiary/aromatic N) is 10. The van der Waals surface area contributed by atoms with Gasteiger partial charge in [-0.1, -0.05) is 5.11 Å². The predicted molar refractivity (Wildman–Crippen MR) is 151 cm³/mol. The standard InChI is InChI=1S/C20H23N13O12P2/c21-14-9-15(25-3-24-14)32(4-26-9)18-12(35)11(34)7(44-18)2-42-47(39,40)45-13-8(30-31-23)6(1-41-46(37)38)43-19(13)33-5-27-10-16(33)28-20(22)29-17(10)36/h3-8,11-13,18-19,34-35H,1-2H2,(H6-,21,22,24,25,28,29,36,37,38,39,40)/p+1/t6-,7-,8?,11-,12-,13-,18-,19-/m1/s1. The summed E-state index contributed by atoms with van der Waals surface area (Å²) >= 11 is 0. The minimum atomic E-state index is -5.20. The number of aliphatic hydroxyl groups excluding tert-OH is 2. The van der Waals surface area contributed by atoms with Crippen molar-refractivity contribution in [3.63, 3.8) is 0 Å². The number of rotatable bonds is 11. The Kier molecular flexibility index (Phi) is 8.88. The number of ether oxygens (including phenoxy) is 2. The second kappa shape index (κ2) is 12.8. The molecule has 2 fully saturated rings. The summed E-state index contributed by atoms with van der Waals surface area (Å²) in [5, 5.41) is 24.9. The van der Waals surface area contributed by atoms with Gasteiger partial charge in [-0.3, -0.25) is 28.0 Å². The van der Waals surface area contributed by atoms with Crippen LogP contribution < -0.4 is 17.0 Å². The summed E-state index contributed by atoms with van der Waals surface area (Å²) in [5.74, 6) is -0.253. The summed E-state index contributed by atoms with van der Waals surface area (Å²) in [6, 6.07) is -1.50. The maximum Gasteiger partial charge on any atom is 0.694 e. The van der Waals surface area contributed by atoms with Crippen LogP contribution in [-0.4, -0.2) is 109 Å². The minimum absolute atomic E-state index is 0.0574. The molecule has 6 heterocycles. The number of nitrogens with two attached hydrogens (primary N) is 2. The highest BCUT2D eigenvalue weighted by Crippen LogP contribution is 2.51. The van der Waals surface area contributed by atoms with Crippen LogP contribution in [0.5, 0.6) is 0 Å². The predicted octanol–water partition coefficient (Wildman–Crippen LogP) is -1.51. The van der Waals surface area contributed by atoms with E-state index in [4.69, 9.17) is 39.4 Å². The van der Waals surface area contributed by atoms with Gasteiger partial charge in [0.25, 0.3) is 5.56 Å². The molecule has 10 atom stereocenters. The first-order chi connectivity index (χ1) is 22.4. The number of aliphatic hydroxyl groups is 2. The van der Waals surface area contributed by atoms with Crippen molar-refractivity contribution in [3.05, 3.63) is 39.8 Å². The number of hydrogen-bond acceptors (Lipinski definition) is 18. The van der Waals surface area contributed by atoms with Crippen molar-refractivity contribution in [1.82, 2.24) is 39.0 Å². The number of nitrogens with one attached hydrogen (secondary N) is 1. The molecule has 0 spiro atoms. The van der Waals surface area contributed by atoms with Crippen molar-refractivity contribution in [2.75, 3.05) is 24.7 Å². The summed E-state index contributed by atoms with van der Waals surface area (Å²) in [4.78, 5) is 57.1. The van der Waals surface area contributed by atoms with Crippen molar-refractivity contribution in [1.29, 1.82) is 0 Å². The molecular formula is C20H24N13O12P2+. The quantitative estimate of drug-likeness (QED) is 0.0404. The third kappa shape index (κ3) is 6.26. The zero-order valence-corrected chi connectivity index (χ0v) is 25.1. The van der Waals surface area contributed by atoms with E-state index in [0.29, 0.717) is 0 Å². The van der Waals surface area contributed by atoms with E-state index < -0.39 is 83.9 Å². The van der Waals surface area contributed by atoms with Gasteiger partial charge < -0.3 is 36.0 Å². The van der Waals surface area contributed by atoms with Gasteiger partial charge in [0.05, 0.1) is 31.4 Å². The molecule has 2 aliphatic rings. The van der Waals surface area contributed by atoms with Gasteiger partial charge in [-0.15, -0.1) is 9.42 Å². The number of H-pyrrole nitrogens is 1. The third-order valence-corrected chi connectivity index (χ3v) is 8.58. The first-order valence-corrected chi connectivity index (χ1v) is 15.8. The van der Waals surface area contributed by atoms with E-state index in [-0.39, 0.29) is 34.1 Å². The van der Waals surface area contributed by atoms with Crippen LogP contribution >= 0.6 is 16.1 Å². The number of imidazole rings is 2. The SMILES string of the molecule is [N-]=[N+]=NC1[C@@H](OP(=O)(O)OC[C@H]2O[C@@H](n3cnc4c(N)ncnc43)[C@H](O)[C@@H]2O)[C@H](n2cnc3c(=O)[nH]c(N)nc32)O[C@@H]1CO[P+](=O)O. The first-order valence-electron chi connectivity index (χ1n) is 13.2. The number of phosphoric ester groups is 1. The van der Waals surface area contributed by atoms with Gasteiger partial charge >= 0.3 is 16.1 Å². The molecule has 3 unspecified atom stereocenters. The van der Waals surface area contributed by atoms with E-state index in [0.717, 1.165) is 17.2 Å². The number of phosphoric acid groups is 1. The zero-order chi connectivity index (χ0) is 33.6. The molecule has 250 valence electrons. The van der Waals surface area contributed by atoms with E-state index in [1.54, 1.807) is 0 Å². The fraction of sp³-hybridized carbons (Fsp3) is 0.500. The lowest BCUT2D eigenvalue weighted by Gasteiger charge is -2.25. The van der Waals surface area contributed by atoms with Gasteiger partial charge in [0.1, 0.15) is 42.9 Å². The molecule has 0 radical (unpaired) electrons. The Morgan fingerprint density at radius 2 is 1.77 bits per heavy atom. The highest BCUT2D eigenvalue weighted by atomic mass is 31.2. The summed E-state index contributed by atoms with van der Waals surface area (Å²) in [6.45, 7) is -1.46. The molecule has 0 aromatic carbocycles. The van der Waals surface area contributed by atoms with E-state index in [1.165, 1.54) is 10.9 Å². The average Bonchev–Trinajstić information content (AvgIpc) is 3.77. The van der Waals surface area contributed by atoms with E-state index in [9.17, 15) is 34.6 Å². The number of fused-ring (bicyclic) bond motifs is 2.